The Morgan fingerprint density at radius 3 is 1.86 bits per heavy atom. The molecule has 0 saturated carbocycles. The molecule has 42 valence electrons. The van der Waals surface area contributed by atoms with Gasteiger partial charge in [-0.15, -0.1) is 0 Å². The van der Waals surface area contributed by atoms with E-state index in [9.17, 15) is 0 Å². The van der Waals surface area contributed by atoms with Gasteiger partial charge in [0.2, 0.25) is 0 Å². The molecule has 0 amide bonds. The Kier molecular flexibility index (Phi) is 24.8. The molecular formula is C5H12N2. The second-order valence-corrected chi connectivity index (χ2v) is 1.01. The molecule has 2 N–H and O–H groups in total. The van der Waals surface area contributed by atoms with Gasteiger partial charge in [0.15, 0.2) is 0 Å². The number of hydrogen-bond donors (Lipinski definition) is 1. The van der Waals surface area contributed by atoms with Crippen molar-refractivity contribution in [1.82, 2.24) is 0 Å². The van der Waals surface area contributed by atoms with E-state index < -0.39 is 0 Å². The molecule has 0 atom stereocenters. The molecule has 0 aliphatic carbocycles. The molecule has 0 saturated heterocycles. The predicted molar refractivity (Wildman–Crippen MR) is 30.6 cm³/mol. The average Bonchev–Trinajstić information content (AvgIpc) is 1.69. The molecule has 2 heteroatoms. The Morgan fingerprint density at radius 1 is 1.71 bits per heavy atom. The van der Waals surface area contributed by atoms with E-state index in [-0.39, 0.29) is 0 Å². The van der Waals surface area contributed by atoms with Gasteiger partial charge in [0.1, 0.15) is 0 Å². The summed E-state index contributed by atoms with van der Waals surface area (Å²) >= 11 is 0. The lowest BCUT2D eigenvalue weighted by Crippen LogP contribution is -1.93. The lowest BCUT2D eigenvalue weighted by molar-refractivity contribution is 0.932. The van der Waals surface area contributed by atoms with Gasteiger partial charge in [-0.05, 0) is 13.0 Å². The zero-order valence-corrected chi connectivity index (χ0v) is 4.94. The lowest BCUT2D eigenvalue weighted by atomic mass is 10.5. The first-order valence-electron chi connectivity index (χ1n) is 2.34. The first-order valence-corrected chi connectivity index (χ1v) is 2.34. The fourth-order valence-corrected chi connectivity index (χ4v) is 0. The molecule has 0 heterocycles. The Balaban J connectivity index is 0. The predicted octanol–water partition coefficient (Wildman–Crippen LogP) is 0.885. The van der Waals surface area contributed by atoms with Crippen molar-refractivity contribution in [2.24, 2.45) is 5.73 Å². The Morgan fingerprint density at radius 2 is 1.86 bits per heavy atom. The van der Waals surface area contributed by atoms with Crippen molar-refractivity contribution < 1.29 is 0 Å². The SMILES string of the molecule is CC#N.CCCN. The van der Waals surface area contributed by atoms with Crippen LogP contribution >= 0.6 is 0 Å². The number of nitrogens with two attached hydrogens (primary N) is 1. The number of rotatable bonds is 1. The molecule has 0 radical (unpaired) electrons. The summed E-state index contributed by atoms with van der Waals surface area (Å²) in [5, 5.41) is 7.32. The highest BCUT2D eigenvalue weighted by Crippen LogP contribution is 1.57. The average molecular weight is 100 g/mol. The van der Waals surface area contributed by atoms with Crippen LogP contribution in [0.2, 0.25) is 0 Å². The minimum absolute atomic E-state index is 0.819. The molecule has 0 aliphatic heterocycles. The second-order valence-electron chi connectivity index (χ2n) is 1.01. The Hall–Kier alpha value is -0.550. The van der Waals surface area contributed by atoms with Gasteiger partial charge < -0.3 is 5.73 Å². The fourth-order valence-electron chi connectivity index (χ4n) is 0. The molecule has 0 bridgehead atoms. The van der Waals surface area contributed by atoms with Crippen LogP contribution in [0.5, 0.6) is 0 Å². The van der Waals surface area contributed by atoms with Crippen molar-refractivity contribution >= 4 is 0 Å². The van der Waals surface area contributed by atoms with E-state index >= 15 is 0 Å². The fraction of sp³-hybridized carbons (Fsp3) is 0.800. The summed E-state index contributed by atoms with van der Waals surface area (Å²) in [6.07, 6.45) is 1.10. The van der Waals surface area contributed by atoms with Crippen LogP contribution in [-0.4, -0.2) is 6.54 Å². The van der Waals surface area contributed by atoms with Crippen LogP contribution in [0.4, 0.5) is 0 Å². The van der Waals surface area contributed by atoms with E-state index in [2.05, 4.69) is 6.92 Å². The number of hydrogen-bond acceptors (Lipinski definition) is 2. The largest absolute Gasteiger partial charge is 0.330 e. The summed E-state index contributed by atoms with van der Waals surface area (Å²) < 4.78 is 0. The van der Waals surface area contributed by atoms with Crippen molar-refractivity contribution in [1.29, 1.82) is 5.26 Å². The first-order chi connectivity index (χ1) is 3.33. The van der Waals surface area contributed by atoms with Gasteiger partial charge in [0.25, 0.3) is 0 Å². The van der Waals surface area contributed by atoms with Crippen molar-refractivity contribution in [2.45, 2.75) is 20.3 Å². The van der Waals surface area contributed by atoms with Crippen molar-refractivity contribution in [3.8, 4) is 6.07 Å². The maximum absolute atomic E-state index is 7.32. The maximum atomic E-state index is 7.32. The summed E-state index contributed by atoms with van der Waals surface area (Å²) in [6, 6.07) is 1.75. The van der Waals surface area contributed by atoms with Gasteiger partial charge in [-0.3, -0.25) is 0 Å². The van der Waals surface area contributed by atoms with Crippen LogP contribution in [0.15, 0.2) is 0 Å². The first kappa shape index (κ1) is 9.67. The Labute approximate surface area is 44.9 Å². The summed E-state index contributed by atoms with van der Waals surface area (Å²) in [4.78, 5) is 0. The second kappa shape index (κ2) is 18.0. The van der Waals surface area contributed by atoms with Gasteiger partial charge in [0.05, 0.1) is 6.07 Å². The maximum Gasteiger partial charge on any atom is 0.0587 e. The zero-order valence-electron chi connectivity index (χ0n) is 4.94. The lowest BCUT2D eigenvalue weighted by Gasteiger charge is -1.70. The topological polar surface area (TPSA) is 49.8 Å². The molecule has 0 aromatic rings. The standard InChI is InChI=1S/C3H9N.C2H3N/c1-2-3-4;1-2-3/h2-4H2,1H3;1H3. The Bertz CT molecular complexity index is 42.5. The quantitative estimate of drug-likeness (QED) is 0.532. The summed E-state index contributed by atoms with van der Waals surface area (Å²) in [7, 11) is 0. The normalized spacial score (nSPS) is 5.43. The van der Waals surface area contributed by atoms with E-state index in [1.54, 1.807) is 6.07 Å². The van der Waals surface area contributed by atoms with Crippen LogP contribution in [-0.2, 0) is 0 Å². The van der Waals surface area contributed by atoms with Crippen molar-refractivity contribution in [2.75, 3.05) is 6.54 Å². The summed E-state index contributed by atoms with van der Waals surface area (Å²) in [6.45, 7) is 4.31. The molecule has 0 fully saturated rings. The highest BCUT2D eigenvalue weighted by Gasteiger charge is 1.55. The third-order valence-corrected chi connectivity index (χ3v) is 0.289. The molecule has 0 aromatic heterocycles. The van der Waals surface area contributed by atoms with Crippen LogP contribution in [0.1, 0.15) is 20.3 Å². The highest BCUT2D eigenvalue weighted by atomic mass is 14.5. The van der Waals surface area contributed by atoms with E-state index in [1.165, 1.54) is 6.92 Å². The van der Waals surface area contributed by atoms with Gasteiger partial charge in [0, 0.05) is 6.92 Å². The summed E-state index contributed by atoms with van der Waals surface area (Å²) in [5.74, 6) is 0. The van der Waals surface area contributed by atoms with Crippen LogP contribution in [0, 0.1) is 11.3 Å². The van der Waals surface area contributed by atoms with Crippen LogP contribution in [0.3, 0.4) is 0 Å². The molecule has 0 unspecified atom stereocenters. The zero-order chi connectivity index (χ0) is 6.12. The molecule has 2 nitrogen and oxygen atoms in total. The third-order valence-electron chi connectivity index (χ3n) is 0.289. The number of nitrogens with zero attached hydrogens (tertiary/aromatic N) is 1. The van der Waals surface area contributed by atoms with E-state index in [0.29, 0.717) is 0 Å². The van der Waals surface area contributed by atoms with Crippen LogP contribution < -0.4 is 5.73 Å². The minimum Gasteiger partial charge on any atom is -0.330 e. The molecule has 0 aromatic carbocycles. The number of nitriles is 1. The highest BCUT2D eigenvalue weighted by molar-refractivity contribution is 4.51. The minimum atomic E-state index is 0.819. The molecule has 7 heavy (non-hydrogen) atoms. The smallest absolute Gasteiger partial charge is 0.0587 e. The van der Waals surface area contributed by atoms with Gasteiger partial charge >= 0.3 is 0 Å². The van der Waals surface area contributed by atoms with E-state index in [4.69, 9.17) is 11.0 Å². The van der Waals surface area contributed by atoms with Gasteiger partial charge in [-0.25, -0.2) is 0 Å². The molecule has 0 spiro atoms. The molecule has 0 aliphatic rings. The van der Waals surface area contributed by atoms with E-state index in [1.807, 2.05) is 0 Å². The summed E-state index contributed by atoms with van der Waals surface area (Å²) in [5.41, 5.74) is 5.03. The van der Waals surface area contributed by atoms with Crippen molar-refractivity contribution in [3.05, 3.63) is 0 Å². The van der Waals surface area contributed by atoms with Crippen molar-refractivity contribution in [3.63, 3.8) is 0 Å². The van der Waals surface area contributed by atoms with E-state index in [0.717, 1.165) is 13.0 Å². The third kappa shape index (κ3) is 320. The molecular weight excluding hydrogens is 88.1 g/mol. The van der Waals surface area contributed by atoms with Gasteiger partial charge in [-0.1, -0.05) is 6.92 Å². The van der Waals surface area contributed by atoms with Gasteiger partial charge in [-0.2, -0.15) is 5.26 Å². The monoisotopic (exact) mass is 100 g/mol. The van der Waals surface area contributed by atoms with Crippen LogP contribution in [0.25, 0.3) is 0 Å². The molecule has 0 rings (SSSR count).